The van der Waals surface area contributed by atoms with Gasteiger partial charge in [-0.1, -0.05) is 42.1 Å². The molecule has 0 saturated heterocycles. The average molecular weight is 397 g/mol. The molecule has 2 aromatic carbocycles. The summed E-state index contributed by atoms with van der Waals surface area (Å²) in [5.74, 6) is 0.704. The van der Waals surface area contributed by atoms with Gasteiger partial charge in [0.2, 0.25) is 5.16 Å². The molecule has 0 N–H and O–H groups in total. The molecule has 0 fully saturated rings. The van der Waals surface area contributed by atoms with Crippen LogP contribution >= 0.6 is 24.4 Å². The Balaban J connectivity index is 1.65. The monoisotopic (exact) mass is 396 g/mol. The summed E-state index contributed by atoms with van der Waals surface area (Å²) in [6.45, 7) is 2.96. The molecule has 0 aliphatic rings. The third-order valence-corrected chi connectivity index (χ3v) is 6.57. The molecule has 2 aromatic heterocycles. The summed E-state index contributed by atoms with van der Waals surface area (Å²) >= 11 is 6.22. The number of tetrazole rings is 1. The summed E-state index contributed by atoms with van der Waals surface area (Å²) in [4.78, 5) is 4.50. The first-order chi connectivity index (χ1) is 13.2. The Bertz CT molecular complexity index is 1070. The summed E-state index contributed by atoms with van der Waals surface area (Å²) in [5.41, 5.74) is 5.98. The first-order valence-corrected chi connectivity index (χ1v) is 10.2. The molecule has 0 amide bonds. The van der Waals surface area contributed by atoms with Crippen LogP contribution in [0.25, 0.3) is 11.0 Å². The lowest BCUT2D eigenvalue weighted by molar-refractivity contribution is 0.663. The van der Waals surface area contributed by atoms with E-state index in [1.165, 1.54) is 16.7 Å². The van der Waals surface area contributed by atoms with Crippen LogP contribution in [0.1, 0.15) is 21.9 Å². The minimum atomic E-state index is 0.178. The highest BCUT2D eigenvalue weighted by Crippen LogP contribution is 2.37. The Morgan fingerprint density at radius 1 is 1.15 bits per heavy atom. The second kappa shape index (κ2) is 7.74. The number of nitrogens with zero attached hydrogens (tertiary/aromatic N) is 6. The molecule has 0 spiro atoms. The second-order valence-corrected chi connectivity index (χ2v) is 7.90. The van der Waals surface area contributed by atoms with Crippen molar-refractivity contribution in [3.05, 3.63) is 65.5 Å². The molecule has 138 valence electrons. The van der Waals surface area contributed by atoms with Gasteiger partial charge in [0.25, 0.3) is 0 Å². The van der Waals surface area contributed by atoms with Gasteiger partial charge in [-0.05, 0) is 46.2 Å². The van der Waals surface area contributed by atoms with Gasteiger partial charge in [-0.3, -0.25) is 0 Å². The van der Waals surface area contributed by atoms with Gasteiger partial charge in [0.1, 0.15) is 0 Å². The fraction of sp³-hybridized carbons (Fsp3) is 0.263. The number of aromatic nitrogens is 6. The molecular formula is C19H20N6S2. The molecular weight excluding hydrogens is 376 g/mol. The third kappa shape index (κ3) is 3.59. The highest BCUT2D eigenvalue weighted by Gasteiger charge is 2.19. The van der Waals surface area contributed by atoms with Crippen molar-refractivity contribution in [1.82, 2.24) is 29.8 Å². The number of thiol groups is 1. The number of hydrogen-bond donors (Lipinski definition) is 1. The highest BCUT2D eigenvalue weighted by atomic mass is 32.2. The number of benzene rings is 2. The summed E-state index contributed by atoms with van der Waals surface area (Å²) < 4.78 is 3.88. The minimum Gasteiger partial charge on any atom is -0.326 e. The number of imidazole rings is 1. The van der Waals surface area contributed by atoms with E-state index in [2.05, 4.69) is 68.9 Å². The van der Waals surface area contributed by atoms with Crippen molar-refractivity contribution in [3.63, 3.8) is 0 Å². The molecule has 0 saturated carbocycles. The Kier molecular flexibility index (Phi) is 5.18. The smallest absolute Gasteiger partial charge is 0.209 e. The number of hydrogen-bond acceptors (Lipinski definition) is 6. The Morgan fingerprint density at radius 2 is 2.00 bits per heavy atom. The summed E-state index contributed by atoms with van der Waals surface area (Å²) in [6, 6.07) is 14.7. The second-order valence-electron chi connectivity index (χ2n) is 6.37. The predicted molar refractivity (Wildman–Crippen MR) is 111 cm³/mol. The van der Waals surface area contributed by atoms with Gasteiger partial charge in [-0.2, -0.15) is 12.6 Å². The van der Waals surface area contributed by atoms with Crippen LogP contribution in [0, 0.1) is 6.92 Å². The van der Waals surface area contributed by atoms with Crippen molar-refractivity contribution >= 4 is 35.4 Å². The topological polar surface area (TPSA) is 61.4 Å². The Hall–Kier alpha value is -2.32. The van der Waals surface area contributed by atoms with Gasteiger partial charge in [0, 0.05) is 24.6 Å². The number of rotatable bonds is 6. The zero-order valence-electron chi connectivity index (χ0n) is 15.1. The number of para-hydroxylation sites is 2. The van der Waals surface area contributed by atoms with Crippen LogP contribution in [0.15, 0.2) is 53.9 Å². The van der Waals surface area contributed by atoms with Crippen LogP contribution in [0.5, 0.6) is 0 Å². The van der Waals surface area contributed by atoms with Crippen LogP contribution in [0.2, 0.25) is 0 Å². The third-order valence-electron chi connectivity index (χ3n) is 4.70. The van der Waals surface area contributed by atoms with Gasteiger partial charge in [-0.15, -0.1) is 5.10 Å². The van der Waals surface area contributed by atoms with Gasteiger partial charge < -0.3 is 4.57 Å². The normalized spacial score (nSPS) is 12.6. The maximum absolute atomic E-state index is 4.58. The lowest BCUT2D eigenvalue weighted by atomic mass is 10.00. The lowest BCUT2D eigenvalue weighted by Gasteiger charge is -2.19. The molecule has 27 heavy (non-hydrogen) atoms. The van der Waals surface area contributed by atoms with Gasteiger partial charge >= 0.3 is 0 Å². The quantitative estimate of drug-likeness (QED) is 0.398. The number of aryl methyl sites for hydroxylation is 1. The fourth-order valence-corrected chi connectivity index (χ4v) is 4.60. The maximum Gasteiger partial charge on any atom is 0.209 e. The van der Waals surface area contributed by atoms with Crippen LogP contribution in [-0.4, -0.2) is 35.5 Å². The molecule has 0 aliphatic heterocycles. The van der Waals surface area contributed by atoms with Crippen molar-refractivity contribution in [1.29, 1.82) is 0 Å². The van der Waals surface area contributed by atoms with E-state index in [9.17, 15) is 0 Å². The predicted octanol–water partition coefficient (Wildman–Crippen LogP) is 3.68. The molecule has 4 aromatic rings. The SMILES string of the molecule is Cc1c(Cn2cnc3ccccc32)cccc1C(CS)Sc1nnnn1C. The average Bonchev–Trinajstić information content (AvgIpc) is 3.28. The van der Waals surface area contributed by atoms with Crippen molar-refractivity contribution in [2.75, 3.05) is 5.75 Å². The lowest BCUT2D eigenvalue weighted by Crippen LogP contribution is -2.06. The van der Waals surface area contributed by atoms with Crippen molar-refractivity contribution in [2.24, 2.45) is 7.05 Å². The minimum absolute atomic E-state index is 0.178. The molecule has 8 heteroatoms. The van der Waals surface area contributed by atoms with Crippen LogP contribution < -0.4 is 0 Å². The van der Waals surface area contributed by atoms with E-state index < -0.39 is 0 Å². The molecule has 0 bridgehead atoms. The maximum atomic E-state index is 4.58. The number of fused-ring (bicyclic) bond motifs is 1. The molecule has 2 heterocycles. The molecule has 0 radical (unpaired) electrons. The zero-order valence-corrected chi connectivity index (χ0v) is 16.9. The van der Waals surface area contributed by atoms with E-state index in [1.54, 1.807) is 16.4 Å². The van der Waals surface area contributed by atoms with Gasteiger partial charge in [0.15, 0.2) is 0 Å². The summed E-state index contributed by atoms with van der Waals surface area (Å²) in [6.07, 6.45) is 1.91. The van der Waals surface area contributed by atoms with Crippen molar-refractivity contribution in [2.45, 2.75) is 23.9 Å². The number of thioether (sulfide) groups is 1. The largest absolute Gasteiger partial charge is 0.326 e. The van der Waals surface area contributed by atoms with E-state index in [0.717, 1.165) is 22.7 Å². The molecule has 4 rings (SSSR count). The first-order valence-electron chi connectivity index (χ1n) is 8.65. The molecule has 0 aliphatic carbocycles. The highest BCUT2D eigenvalue weighted by molar-refractivity contribution is 8.00. The standard InChI is InChI=1S/C19H20N6S2/c1-13-14(10-25-12-20-16-8-3-4-9-17(16)25)6-5-7-15(13)18(11-26)27-19-21-22-23-24(19)2/h3-9,12,18,26H,10-11H2,1-2H3. The van der Waals surface area contributed by atoms with E-state index in [0.29, 0.717) is 5.75 Å². The van der Waals surface area contributed by atoms with E-state index >= 15 is 0 Å². The fourth-order valence-electron chi connectivity index (χ4n) is 3.19. The van der Waals surface area contributed by atoms with Gasteiger partial charge in [0.05, 0.1) is 17.4 Å². The van der Waals surface area contributed by atoms with E-state index in [1.807, 2.05) is 31.6 Å². The Labute approximate surface area is 167 Å². The molecule has 1 unspecified atom stereocenters. The van der Waals surface area contributed by atoms with E-state index in [4.69, 9.17) is 0 Å². The summed E-state index contributed by atoms with van der Waals surface area (Å²) in [5, 5.41) is 12.7. The van der Waals surface area contributed by atoms with E-state index in [-0.39, 0.29) is 5.25 Å². The Morgan fingerprint density at radius 3 is 2.78 bits per heavy atom. The van der Waals surface area contributed by atoms with Crippen molar-refractivity contribution < 1.29 is 0 Å². The van der Waals surface area contributed by atoms with Crippen LogP contribution in [-0.2, 0) is 13.6 Å². The summed E-state index contributed by atoms with van der Waals surface area (Å²) in [7, 11) is 1.85. The van der Waals surface area contributed by atoms with Crippen LogP contribution in [0.3, 0.4) is 0 Å². The van der Waals surface area contributed by atoms with Crippen LogP contribution in [0.4, 0.5) is 0 Å². The first kappa shape index (κ1) is 18.1. The van der Waals surface area contributed by atoms with Gasteiger partial charge in [-0.25, -0.2) is 9.67 Å². The molecule has 1 atom stereocenters. The van der Waals surface area contributed by atoms with Crippen molar-refractivity contribution in [3.8, 4) is 0 Å². The molecule has 6 nitrogen and oxygen atoms in total. The zero-order chi connectivity index (χ0) is 18.8.